The van der Waals surface area contributed by atoms with Gasteiger partial charge in [-0.15, -0.1) is 0 Å². The second-order valence-corrected chi connectivity index (χ2v) is 9.19. The molecule has 0 heterocycles. The molecule has 4 rings (SSSR count). The summed E-state index contributed by atoms with van der Waals surface area (Å²) in [6, 6.07) is 26.0. The summed E-state index contributed by atoms with van der Waals surface area (Å²) in [4.78, 5) is 2.66. The maximum Gasteiger partial charge on any atom is 0.120 e. The van der Waals surface area contributed by atoms with Gasteiger partial charge in [0.15, 0.2) is 0 Å². The number of hydrogen-bond acceptors (Lipinski definition) is 2. The minimum Gasteiger partial charge on any atom is -0.489 e. The molecule has 2 nitrogen and oxygen atoms in total. The van der Waals surface area contributed by atoms with E-state index in [1.165, 1.54) is 79.6 Å². The van der Waals surface area contributed by atoms with Crippen LogP contribution < -0.4 is 4.74 Å². The summed E-state index contributed by atoms with van der Waals surface area (Å²) in [6.07, 6.45) is 6.18. The highest BCUT2D eigenvalue weighted by Crippen LogP contribution is 2.30. The van der Waals surface area contributed by atoms with Gasteiger partial charge in [0.25, 0.3) is 0 Å². The standard InChI is InChI=1S/C30H37NO/c1-3-18-31(19-4-2)22-25-12-15-29-21-30(17-16-28(29)20-25)32-23-24-10-13-27(14-11-24)26-8-6-5-7-9-26/h5-11,13-14,16-17,21,25H,3-4,12,15,18-20,22-23H2,1-2H3. The zero-order valence-electron chi connectivity index (χ0n) is 19.7. The van der Waals surface area contributed by atoms with Crippen LogP contribution in [0, 0.1) is 5.92 Å². The maximum atomic E-state index is 6.15. The van der Waals surface area contributed by atoms with Crippen LogP contribution in [0.5, 0.6) is 5.75 Å². The second-order valence-electron chi connectivity index (χ2n) is 9.19. The predicted octanol–water partition coefficient (Wildman–Crippen LogP) is 7.16. The molecule has 0 bridgehead atoms. The highest BCUT2D eigenvalue weighted by Gasteiger charge is 2.21. The lowest BCUT2D eigenvalue weighted by Crippen LogP contribution is -2.33. The van der Waals surface area contributed by atoms with Crippen LogP contribution in [0.15, 0.2) is 72.8 Å². The molecule has 3 aromatic rings. The maximum absolute atomic E-state index is 6.15. The first-order chi connectivity index (χ1) is 15.7. The fraction of sp³-hybridized carbons (Fsp3) is 0.400. The normalized spacial score (nSPS) is 15.5. The number of fused-ring (bicyclic) bond motifs is 1. The summed E-state index contributed by atoms with van der Waals surface area (Å²) < 4.78 is 6.15. The zero-order valence-corrected chi connectivity index (χ0v) is 19.7. The Balaban J connectivity index is 1.32. The van der Waals surface area contributed by atoms with E-state index in [2.05, 4.69) is 91.5 Å². The minimum atomic E-state index is 0.611. The van der Waals surface area contributed by atoms with Crippen molar-refractivity contribution in [2.24, 2.45) is 5.92 Å². The third kappa shape index (κ3) is 6.01. The predicted molar refractivity (Wildman–Crippen MR) is 135 cm³/mol. The van der Waals surface area contributed by atoms with Crippen molar-refractivity contribution in [3.8, 4) is 16.9 Å². The highest BCUT2D eigenvalue weighted by molar-refractivity contribution is 5.63. The van der Waals surface area contributed by atoms with E-state index >= 15 is 0 Å². The number of nitrogens with zero attached hydrogens (tertiary/aromatic N) is 1. The number of hydrogen-bond donors (Lipinski definition) is 0. The molecule has 168 valence electrons. The molecule has 0 saturated carbocycles. The van der Waals surface area contributed by atoms with E-state index in [1.807, 2.05) is 0 Å². The largest absolute Gasteiger partial charge is 0.489 e. The van der Waals surface area contributed by atoms with Gasteiger partial charge >= 0.3 is 0 Å². The fourth-order valence-corrected chi connectivity index (χ4v) is 4.94. The molecule has 0 spiro atoms. The average molecular weight is 428 g/mol. The Morgan fingerprint density at radius 2 is 1.53 bits per heavy atom. The molecule has 2 heteroatoms. The van der Waals surface area contributed by atoms with Crippen molar-refractivity contribution in [1.82, 2.24) is 4.90 Å². The number of rotatable bonds is 10. The molecular weight excluding hydrogens is 390 g/mol. The first-order valence-electron chi connectivity index (χ1n) is 12.4. The summed E-state index contributed by atoms with van der Waals surface area (Å²) in [5.41, 5.74) is 6.70. The molecular formula is C30H37NO. The molecule has 0 radical (unpaired) electrons. The molecule has 1 unspecified atom stereocenters. The van der Waals surface area contributed by atoms with Crippen LogP contribution in [0.25, 0.3) is 11.1 Å². The molecule has 3 aromatic carbocycles. The summed E-state index contributed by atoms with van der Waals surface area (Å²) in [6.45, 7) is 8.90. The van der Waals surface area contributed by atoms with Crippen molar-refractivity contribution in [3.05, 3.63) is 89.5 Å². The van der Waals surface area contributed by atoms with Gasteiger partial charge in [-0.25, -0.2) is 0 Å². The molecule has 1 aliphatic rings. The molecule has 32 heavy (non-hydrogen) atoms. The lowest BCUT2D eigenvalue weighted by molar-refractivity contribution is 0.219. The quantitative estimate of drug-likeness (QED) is 0.340. The SMILES string of the molecule is CCCN(CCC)CC1CCc2cc(OCc3ccc(-c4ccccc4)cc3)ccc2C1. The van der Waals surface area contributed by atoms with Gasteiger partial charge in [0.2, 0.25) is 0 Å². The second kappa shape index (κ2) is 11.3. The summed E-state index contributed by atoms with van der Waals surface area (Å²) in [7, 11) is 0. The van der Waals surface area contributed by atoms with Crippen LogP contribution in [0.2, 0.25) is 0 Å². The molecule has 1 aliphatic carbocycles. The molecule has 0 aliphatic heterocycles. The van der Waals surface area contributed by atoms with Crippen LogP contribution in [-0.2, 0) is 19.4 Å². The number of ether oxygens (including phenoxy) is 1. The Bertz CT molecular complexity index is 958. The van der Waals surface area contributed by atoms with Crippen molar-refractivity contribution < 1.29 is 4.74 Å². The zero-order chi connectivity index (χ0) is 22.2. The summed E-state index contributed by atoms with van der Waals surface area (Å²) in [5, 5.41) is 0. The fourth-order valence-electron chi connectivity index (χ4n) is 4.94. The van der Waals surface area contributed by atoms with Crippen LogP contribution in [0.3, 0.4) is 0 Å². The lowest BCUT2D eigenvalue weighted by atomic mass is 9.83. The smallest absolute Gasteiger partial charge is 0.120 e. The van der Waals surface area contributed by atoms with E-state index in [-0.39, 0.29) is 0 Å². The molecule has 1 atom stereocenters. The van der Waals surface area contributed by atoms with Gasteiger partial charge in [-0.2, -0.15) is 0 Å². The lowest BCUT2D eigenvalue weighted by Gasteiger charge is -2.30. The number of benzene rings is 3. The van der Waals surface area contributed by atoms with E-state index in [0.717, 1.165) is 11.7 Å². The van der Waals surface area contributed by atoms with Gasteiger partial charge in [0.1, 0.15) is 12.4 Å². The van der Waals surface area contributed by atoms with Gasteiger partial charge in [-0.05, 0) is 91.1 Å². The Hall–Kier alpha value is -2.58. The van der Waals surface area contributed by atoms with Gasteiger partial charge in [-0.3, -0.25) is 0 Å². The topological polar surface area (TPSA) is 12.5 Å². The average Bonchev–Trinajstić information content (AvgIpc) is 2.84. The van der Waals surface area contributed by atoms with E-state index in [1.54, 1.807) is 0 Å². The van der Waals surface area contributed by atoms with Crippen LogP contribution in [0.1, 0.15) is 49.8 Å². The van der Waals surface area contributed by atoms with Crippen LogP contribution in [-0.4, -0.2) is 24.5 Å². The minimum absolute atomic E-state index is 0.611. The van der Waals surface area contributed by atoms with Crippen LogP contribution in [0.4, 0.5) is 0 Å². The van der Waals surface area contributed by atoms with Crippen molar-refractivity contribution in [1.29, 1.82) is 0 Å². The van der Waals surface area contributed by atoms with Gasteiger partial charge < -0.3 is 9.64 Å². The molecule has 0 aromatic heterocycles. The molecule has 0 amide bonds. The number of aryl methyl sites for hydroxylation is 1. The van der Waals surface area contributed by atoms with Crippen molar-refractivity contribution in [2.75, 3.05) is 19.6 Å². The van der Waals surface area contributed by atoms with E-state index in [9.17, 15) is 0 Å². The molecule has 0 saturated heterocycles. The van der Waals surface area contributed by atoms with Gasteiger partial charge in [0, 0.05) is 6.54 Å². The summed E-state index contributed by atoms with van der Waals surface area (Å²) >= 11 is 0. The Morgan fingerprint density at radius 3 is 2.25 bits per heavy atom. The Morgan fingerprint density at radius 1 is 0.812 bits per heavy atom. The Labute approximate surface area is 194 Å². The monoisotopic (exact) mass is 427 g/mol. The van der Waals surface area contributed by atoms with Crippen molar-refractivity contribution >= 4 is 0 Å². The third-order valence-electron chi connectivity index (χ3n) is 6.57. The van der Waals surface area contributed by atoms with Crippen LogP contribution >= 0.6 is 0 Å². The third-order valence-corrected chi connectivity index (χ3v) is 6.57. The molecule has 0 fully saturated rings. The van der Waals surface area contributed by atoms with E-state index in [4.69, 9.17) is 4.74 Å². The van der Waals surface area contributed by atoms with Crippen molar-refractivity contribution in [3.63, 3.8) is 0 Å². The molecule has 0 N–H and O–H groups in total. The first-order valence-corrected chi connectivity index (χ1v) is 12.4. The van der Waals surface area contributed by atoms with Gasteiger partial charge in [0.05, 0.1) is 0 Å². The highest BCUT2D eigenvalue weighted by atomic mass is 16.5. The van der Waals surface area contributed by atoms with Crippen molar-refractivity contribution in [2.45, 2.75) is 52.6 Å². The van der Waals surface area contributed by atoms with E-state index in [0.29, 0.717) is 6.61 Å². The van der Waals surface area contributed by atoms with Gasteiger partial charge in [-0.1, -0.05) is 74.5 Å². The van der Waals surface area contributed by atoms with E-state index < -0.39 is 0 Å². The summed E-state index contributed by atoms with van der Waals surface area (Å²) in [5.74, 6) is 1.78. The Kier molecular flexibility index (Phi) is 8.01. The first kappa shape index (κ1) is 22.6.